The number of nitrogens with two attached hydrogens (primary N) is 1. The van der Waals surface area contributed by atoms with Crippen LogP contribution in [-0.4, -0.2) is 58.9 Å². The van der Waals surface area contributed by atoms with Crippen molar-refractivity contribution in [3.05, 3.63) is 12.7 Å². The number of terminal acetylenes is 1. The van der Waals surface area contributed by atoms with Gasteiger partial charge in [-0.3, -0.25) is 9.36 Å². The molecule has 35 heavy (non-hydrogen) atoms. The molecule has 1 aliphatic carbocycles. The summed E-state index contributed by atoms with van der Waals surface area (Å²) in [7, 11) is 0. The van der Waals surface area contributed by atoms with Crippen LogP contribution in [0.25, 0.3) is 11.2 Å². The number of aliphatic hydroxyl groups is 2. The number of carbonyl (C=O) groups is 1. The average molecular weight is 490 g/mol. The van der Waals surface area contributed by atoms with Gasteiger partial charge in [0.1, 0.15) is 11.8 Å². The second kappa shape index (κ2) is 9.68. The summed E-state index contributed by atoms with van der Waals surface area (Å²) in [4.78, 5) is 24.6. The zero-order valence-electron chi connectivity index (χ0n) is 19.8. The SMILES string of the molecule is C#C[C@]1(O)[C@H](n2cnc3c(N)ncnc32)O[C@]2(F)C(O)[C@@]21OC(=O)CCCCCCCCCCC. The van der Waals surface area contributed by atoms with E-state index in [2.05, 4.69) is 27.8 Å². The molecule has 0 radical (unpaired) electrons. The van der Waals surface area contributed by atoms with Crippen LogP contribution in [0.4, 0.5) is 10.2 Å². The lowest BCUT2D eigenvalue weighted by atomic mass is 9.93. The van der Waals surface area contributed by atoms with Gasteiger partial charge in [0.2, 0.25) is 11.2 Å². The van der Waals surface area contributed by atoms with Crippen molar-refractivity contribution in [3.8, 4) is 12.3 Å². The Labute approximate surface area is 203 Å². The zero-order chi connectivity index (χ0) is 25.3. The number of hydrogen-bond acceptors (Lipinski definition) is 9. The van der Waals surface area contributed by atoms with Gasteiger partial charge in [-0.2, -0.15) is 0 Å². The molecule has 1 unspecified atom stereocenters. The Bertz CT molecular complexity index is 1120. The molecule has 0 amide bonds. The Kier molecular flexibility index (Phi) is 6.99. The van der Waals surface area contributed by atoms with Gasteiger partial charge in [-0.25, -0.2) is 19.3 Å². The Morgan fingerprint density at radius 1 is 1.23 bits per heavy atom. The Hall–Kier alpha value is -2.81. The number of imidazole rings is 1. The predicted octanol–water partition coefficient (Wildman–Crippen LogP) is 2.54. The van der Waals surface area contributed by atoms with Crippen molar-refractivity contribution in [1.29, 1.82) is 0 Å². The average Bonchev–Trinajstić information content (AvgIpc) is 3.13. The van der Waals surface area contributed by atoms with Crippen molar-refractivity contribution in [2.75, 3.05) is 5.73 Å². The molecule has 2 aliphatic rings. The second-order valence-electron chi connectivity index (χ2n) is 9.30. The number of nitrogen functional groups attached to an aromatic ring is 1. The topological polar surface area (TPSA) is 146 Å². The molecular weight excluding hydrogens is 457 g/mol. The van der Waals surface area contributed by atoms with Gasteiger partial charge >= 0.3 is 5.97 Å². The number of hydrogen-bond donors (Lipinski definition) is 3. The molecule has 2 aromatic rings. The van der Waals surface area contributed by atoms with Crippen LogP contribution in [0.2, 0.25) is 0 Å². The smallest absolute Gasteiger partial charge is 0.306 e. The largest absolute Gasteiger partial charge is 0.445 e. The third-order valence-corrected chi connectivity index (χ3v) is 6.99. The zero-order valence-corrected chi connectivity index (χ0v) is 19.8. The van der Waals surface area contributed by atoms with Gasteiger partial charge in [0.25, 0.3) is 5.85 Å². The van der Waals surface area contributed by atoms with Crippen molar-refractivity contribution in [2.45, 2.75) is 101 Å². The minimum Gasteiger partial charge on any atom is -0.445 e. The highest BCUT2D eigenvalue weighted by Crippen LogP contribution is 2.70. The van der Waals surface area contributed by atoms with Crippen molar-refractivity contribution >= 4 is 23.0 Å². The number of aromatic nitrogens is 4. The number of esters is 1. The van der Waals surface area contributed by atoms with Crippen molar-refractivity contribution in [3.63, 3.8) is 0 Å². The maximum atomic E-state index is 15.6. The molecule has 2 aromatic heterocycles. The van der Waals surface area contributed by atoms with Crippen LogP contribution in [-0.2, 0) is 14.3 Å². The molecule has 1 aliphatic heterocycles. The van der Waals surface area contributed by atoms with Crippen LogP contribution < -0.4 is 5.73 Å². The monoisotopic (exact) mass is 489 g/mol. The summed E-state index contributed by atoms with van der Waals surface area (Å²) < 4.78 is 27.5. The summed E-state index contributed by atoms with van der Waals surface area (Å²) in [5, 5.41) is 21.7. The molecule has 4 rings (SSSR count). The van der Waals surface area contributed by atoms with Crippen LogP contribution >= 0.6 is 0 Å². The van der Waals surface area contributed by atoms with Gasteiger partial charge in [-0.1, -0.05) is 64.2 Å². The molecule has 5 atom stereocenters. The standard InChI is InChI=1S/C24H32FN5O5/c1-3-5-6-7-8-9-10-11-12-13-16(31)34-23-20(32)24(23,25)35-21(22(23,33)4-2)30-15-29-17-18(26)27-14-28-19(17)30/h2,14-15,20-21,32-33H,3,5-13H2,1H3,(H2,26,27,28)/t20?,21-,22+,23+,24-/m1/s1. The molecule has 1 saturated carbocycles. The molecule has 10 nitrogen and oxygen atoms in total. The quantitative estimate of drug-likeness (QED) is 0.233. The van der Waals surface area contributed by atoms with E-state index in [0.717, 1.165) is 25.7 Å². The lowest BCUT2D eigenvalue weighted by Gasteiger charge is -2.32. The number of alkyl halides is 1. The van der Waals surface area contributed by atoms with Crippen molar-refractivity contribution in [2.24, 2.45) is 0 Å². The van der Waals surface area contributed by atoms with E-state index in [0.29, 0.717) is 6.42 Å². The summed E-state index contributed by atoms with van der Waals surface area (Å²) in [6.07, 6.45) is 14.0. The fourth-order valence-electron chi connectivity index (χ4n) is 4.92. The Morgan fingerprint density at radius 2 is 1.89 bits per heavy atom. The molecular formula is C24H32FN5O5. The number of halogens is 1. The van der Waals surface area contributed by atoms with Gasteiger partial charge < -0.3 is 25.4 Å². The van der Waals surface area contributed by atoms with Crippen molar-refractivity contribution in [1.82, 2.24) is 19.5 Å². The molecule has 2 fully saturated rings. The normalized spacial score (nSPS) is 31.3. The first-order chi connectivity index (χ1) is 16.8. The number of aliphatic hydroxyl groups excluding tert-OH is 1. The summed E-state index contributed by atoms with van der Waals surface area (Å²) in [5.74, 6) is -1.50. The van der Waals surface area contributed by atoms with Crippen LogP contribution in [0.5, 0.6) is 0 Å². The van der Waals surface area contributed by atoms with Crippen LogP contribution in [0, 0.1) is 12.3 Å². The highest BCUT2D eigenvalue weighted by atomic mass is 19.2. The van der Waals surface area contributed by atoms with Gasteiger partial charge in [0.05, 0.1) is 6.33 Å². The van der Waals surface area contributed by atoms with E-state index in [4.69, 9.17) is 21.6 Å². The second-order valence-corrected chi connectivity index (χ2v) is 9.30. The lowest BCUT2D eigenvalue weighted by molar-refractivity contribution is -0.179. The molecule has 0 aromatic carbocycles. The van der Waals surface area contributed by atoms with E-state index in [1.165, 1.54) is 42.9 Å². The molecule has 0 bridgehead atoms. The third kappa shape index (κ3) is 3.93. The number of carbonyl (C=O) groups excluding carboxylic acids is 1. The van der Waals surface area contributed by atoms with E-state index in [-0.39, 0.29) is 23.4 Å². The lowest BCUT2D eigenvalue weighted by Crippen LogP contribution is -2.52. The van der Waals surface area contributed by atoms with Crippen molar-refractivity contribution < 1.29 is 28.9 Å². The van der Waals surface area contributed by atoms with Gasteiger partial charge in [-0.15, -0.1) is 6.42 Å². The maximum Gasteiger partial charge on any atom is 0.306 e. The Morgan fingerprint density at radius 3 is 2.54 bits per heavy atom. The van der Waals surface area contributed by atoms with Gasteiger partial charge in [0, 0.05) is 6.42 Å². The molecule has 1 saturated heterocycles. The fourth-order valence-corrected chi connectivity index (χ4v) is 4.92. The summed E-state index contributed by atoms with van der Waals surface area (Å²) >= 11 is 0. The van der Waals surface area contributed by atoms with Gasteiger partial charge in [0.15, 0.2) is 23.8 Å². The van der Waals surface area contributed by atoms with Crippen LogP contribution in [0.15, 0.2) is 12.7 Å². The summed E-state index contributed by atoms with van der Waals surface area (Å²) in [5.41, 5.74) is 1.11. The van der Waals surface area contributed by atoms with E-state index < -0.39 is 35.4 Å². The molecule has 0 spiro atoms. The number of fused-ring (bicyclic) bond motifs is 2. The third-order valence-electron chi connectivity index (χ3n) is 6.99. The molecule has 4 N–H and O–H groups in total. The molecule has 11 heteroatoms. The number of ether oxygens (including phenoxy) is 2. The minimum absolute atomic E-state index is 0.00344. The maximum absolute atomic E-state index is 15.6. The van der Waals surface area contributed by atoms with E-state index in [9.17, 15) is 15.0 Å². The van der Waals surface area contributed by atoms with E-state index in [1.807, 2.05) is 0 Å². The fraction of sp³-hybridized carbons (Fsp3) is 0.667. The number of anilines is 1. The number of nitrogens with zero attached hydrogens (tertiary/aromatic N) is 4. The summed E-state index contributed by atoms with van der Waals surface area (Å²) in [6.45, 7) is 2.18. The first-order valence-electron chi connectivity index (χ1n) is 12.2. The van der Waals surface area contributed by atoms with Gasteiger partial charge in [-0.05, 0) is 6.42 Å². The Balaban J connectivity index is 1.41. The highest BCUT2D eigenvalue weighted by molar-refractivity contribution is 5.81. The molecule has 190 valence electrons. The number of unbranched alkanes of at least 4 members (excludes halogenated alkanes) is 8. The predicted molar refractivity (Wildman–Crippen MR) is 124 cm³/mol. The minimum atomic E-state index is -2.89. The van der Waals surface area contributed by atoms with Crippen LogP contribution in [0.3, 0.4) is 0 Å². The first-order valence-corrected chi connectivity index (χ1v) is 12.2. The van der Waals surface area contributed by atoms with Crippen LogP contribution in [0.1, 0.15) is 77.4 Å². The highest BCUT2D eigenvalue weighted by Gasteiger charge is 2.98. The molecule has 3 heterocycles. The van der Waals surface area contributed by atoms with E-state index in [1.54, 1.807) is 0 Å². The van der Waals surface area contributed by atoms with E-state index >= 15 is 4.39 Å². The first kappa shape index (κ1) is 25.3. The number of rotatable bonds is 12. The summed E-state index contributed by atoms with van der Waals surface area (Å²) in [6, 6.07) is 0.